The van der Waals surface area contributed by atoms with Crippen LogP contribution in [0.15, 0.2) is 24.5 Å². The first kappa shape index (κ1) is 22.5. The summed E-state index contributed by atoms with van der Waals surface area (Å²) in [6.07, 6.45) is 9.96. The Hall–Kier alpha value is -2.94. The number of hydrogen-bond donors (Lipinski definition) is 2. The number of amides is 1. The summed E-state index contributed by atoms with van der Waals surface area (Å²) in [6.45, 7) is 9.47. The normalized spacial score (nSPS) is 25.1. The van der Waals surface area contributed by atoms with Crippen LogP contribution >= 0.6 is 0 Å². The lowest BCUT2D eigenvalue weighted by Gasteiger charge is -2.37. The molecule has 0 radical (unpaired) electrons. The Kier molecular flexibility index (Phi) is 5.75. The Balaban J connectivity index is 1.09. The third-order valence-electron chi connectivity index (χ3n) is 8.30. The monoisotopic (exact) mass is 476 g/mol. The van der Waals surface area contributed by atoms with Gasteiger partial charge in [0.15, 0.2) is 0 Å². The molecule has 1 saturated carbocycles. The van der Waals surface area contributed by atoms with Gasteiger partial charge in [0.25, 0.3) is 0 Å². The largest absolute Gasteiger partial charge is 0.355 e. The summed E-state index contributed by atoms with van der Waals surface area (Å²) < 4.78 is 0. The number of hydrogen-bond acceptors (Lipinski definition) is 8. The molecule has 2 saturated heterocycles. The summed E-state index contributed by atoms with van der Waals surface area (Å²) in [7, 11) is 0. The summed E-state index contributed by atoms with van der Waals surface area (Å²) in [4.78, 5) is 34.2. The molecule has 186 valence electrons. The highest BCUT2D eigenvalue weighted by molar-refractivity contribution is 5.94. The van der Waals surface area contributed by atoms with Crippen LogP contribution in [0.1, 0.15) is 51.5 Å². The highest BCUT2D eigenvalue weighted by Gasteiger charge is 2.52. The van der Waals surface area contributed by atoms with E-state index in [2.05, 4.69) is 55.2 Å². The zero-order valence-electron chi connectivity index (χ0n) is 20.8. The highest BCUT2D eigenvalue weighted by Crippen LogP contribution is 2.40. The van der Waals surface area contributed by atoms with Gasteiger partial charge in [0.05, 0.1) is 11.9 Å². The summed E-state index contributed by atoms with van der Waals surface area (Å²) in [6, 6.07) is 5.10. The molecule has 1 aliphatic carbocycles. The SMILES string of the molecule is CC(C)N1CCN(c2ccc(Nc3ncc4c(n3)NC3(CCN(C5CCCC5)C3=O)C4)cn2)CC1. The predicted molar refractivity (Wildman–Crippen MR) is 137 cm³/mol. The molecular formula is C26H36N8O. The van der Waals surface area contributed by atoms with Crippen LogP contribution in [-0.4, -0.2) is 81.0 Å². The van der Waals surface area contributed by atoms with Crippen LogP contribution in [0.3, 0.4) is 0 Å². The molecular weight excluding hydrogens is 440 g/mol. The summed E-state index contributed by atoms with van der Waals surface area (Å²) in [5.41, 5.74) is 1.33. The fourth-order valence-corrected chi connectivity index (χ4v) is 6.18. The lowest BCUT2D eigenvalue weighted by molar-refractivity contribution is -0.133. The molecule has 2 aromatic heterocycles. The van der Waals surface area contributed by atoms with E-state index in [0.29, 0.717) is 24.5 Å². The van der Waals surface area contributed by atoms with Crippen LogP contribution in [0.5, 0.6) is 0 Å². The van der Waals surface area contributed by atoms with Gasteiger partial charge in [-0.05, 0) is 45.2 Å². The van der Waals surface area contributed by atoms with Gasteiger partial charge < -0.3 is 20.4 Å². The molecule has 1 spiro atoms. The van der Waals surface area contributed by atoms with Crippen LogP contribution in [-0.2, 0) is 11.2 Å². The molecule has 1 atom stereocenters. The number of anilines is 4. The van der Waals surface area contributed by atoms with Gasteiger partial charge in [-0.25, -0.2) is 9.97 Å². The van der Waals surface area contributed by atoms with E-state index in [1.807, 2.05) is 18.5 Å². The molecule has 2 aromatic rings. The molecule has 6 rings (SSSR count). The summed E-state index contributed by atoms with van der Waals surface area (Å²) in [5, 5.41) is 6.78. The number of piperazine rings is 1. The average Bonchev–Trinajstić information content (AvgIpc) is 3.59. The number of fused-ring (bicyclic) bond motifs is 1. The highest BCUT2D eigenvalue weighted by atomic mass is 16.2. The van der Waals surface area contributed by atoms with Crippen molar-refractivity contribution in [2.45, 2.75) is 70.0 Å². The van der Waals surface area contributed by atoms with E-state index < -0.39 is 5.54 Å². The molecule has 9 nitrogen and oxygen atoms in total. The Bertz CT molecular complexity index is 1080. The van der Waals surface area contributed by atoms with Gasteiger partial charge in [-0.3, -0.25) is 9.69 Å². The average molecular weight is 477 g/mol. The van der Waals surface area contributed by atoms with E-state index in [1.165, 1.54) is 12.8 Å². The van der Waals surface area contributed by atoms with Crippen LogP contribution in [0.25, 0.3) is 0 Å². The van der Waals surface area contributed by atoms with Crippen molar-refractivity contribution in [1.29, 1.82) is 0 Å². The van der Waals surface area contributed by atoms with Crippen molar-refractivity contribution >= 4 is 29.2 Å². The second kappa shape index (κ2) is 8.93. The van der Waals surface area contributed by atoms with Crippen molar-refractivity contribution in [3.63, 3.8) is 0 Å². The van der Waals surface area contributed by atoms with Gasteiger partial charge in [-0.1, -0.05) is 12.8 Å². The Morgan fingerprint density at radius 2 is 1.86 bits per heavy atom. The standard InChI is InChI=1S/C26H36N8O/c1-18(2)32-11-13-33(14-12-32)22-8-7-20(17-27-22)29-25-28-16-19-15-26(31-23(19)30-25)9-10-34(24(26)35)21-5-3-4-6-21/h7-8,16-18,21H,3-6,9-15H2,1-2H3,(H2,28,29,30,31). The number of pyridine rings is 1. The number of carbonyl (C=O) groups is 1. The number of likely N-dealkylation sites (tertiary alicyclic amines) is 1. The van der Waals surface area contributed by atoms with E-state index in [4.69, 9.17) is 4.98 Å². The minimum Gasteiger partial charge on any atom is -0.355 e. The van der Waals surface area contributed by atoms with E-state index in [9.17, 15) is 4.79 Å². The first-order valence-electron chi connectivity index (χ1n) is 13.2. The van der Waals surface area contributed by atoms with Crippen LogP contribution in [0.2, 0.25) is 0 Å². The maximum Gasteiger partial charge on any atom is 0.248 e. The minimum absolute atomic E-state index is 0.242. The summed E-state index contributed by atoms with van der Waals surface area (Å²) >= 11 is 0. The molecule has 0 aromatic carbocycles. The van der Waals surface area contributed by atoms with Gasteiger partial charge in [0.1, 0.15) is 17.2 Å². The smallest absolute Gasteiger partial charge is 0.248 e. The lowest BCUT2D eigenvalue weighted by Crippen LogP contribution is -2.49. The second-order valence-corrected chi connectivity index (χ2v) is 10.8. The molecule has 4 aliphatic rings. The van der Waals surface area contributed by atoms with Gasteiger partial charge >= 0.3 is 0 Å². The first-order chi connectivity index (χ1) is 17.0. The van der Waals surface area contributed by atoms with Gasteiger partial charge in [-0.15, -0.1) is 0 Å². The maximum atomic E-state index is 13.4. The Morgan fingerprint density at radius 3 is 2.57 bits per heavy atom. The molecule has 2 N–H and O–H groups in total. The van der Waals surface area contributed by atoms with Crippen molar-refractivity contribution in [2.75, 3.05) is 48.3 Å². The lowest BCUT2D eigenvalue weighted by atomic mass is 9.94. The zero-order valence-corrected chi connectivity index (χ0v) is 20.8. The molecule has 3 fully saturated rings. The second-order valence-electron chi connectivity index (χ2n) is 10.8. The maximum absolute atomic E-state index is 13.4. The molecule has 5 heterocycles. The predicted octanol–water partition coefficient (Wildman–Crippen LogP) is 3.03. The van der Waals surface area contributed by atoms with Crippen molar-refractivity contribution in [3.05, 3.63) is 30.1 Å². The van der Waals surface area contributed by atoms with Gasteiger partial charge in [-0.2, -0.15) is 4.98 Å². The summed E-state index contributed by atoms with van der Waals surface area (Å²) in [5.74, 6) is 2.54. The van der Waals surface area contributed by atoms with Crippen molar-refractivity contribution < 1.29 is 4.79 Å². The molecule has 1 unspecified atom stereocenters. The van der Waals surface area contributed by atoms with Crippen molar-refractivity contribution in [1.82, 2.24) is 24.8 Å². The number of nitrogens with zero attached hydrogens (tertiary/aromatic N) is 6. The van der Waals surface area contributed by atoms with E-state index in [0.717, 1.165) is 74.9 Å². The van der Waals surface area contributed by atoms with Crippen molar-refractivity contribution in [3.8, 4) is 0 Å². The fourth-order valence-electron chi connectivity index (χ4n) is 6.18. The number of rotatable bonds is 5. The van der Waals surface area contributed by atoms with Crippen LogP contribution < -0.4 is 15.5 Å². The number of nitrogens with one attached hydrogen (secondary N) is 2. The van der Waals surface area contributed by atoms with E-state index in [1.54, 1.807) is 0 Å². The molecule has 0 bridgehead atoms. The third-order valence-corrected chi connectivity index (χ3v) is 8.30. The first-order valence-corrected chi connectivity index (χ1v) is 13.2. The van der Waals surface area contributed by atoms with E-state index in [-0.39, 0.29) is 5.91 Å². The molecule has 1 amide bonds. The van der Waals surface area contributed by atoms with Crippen molar-refractivity contribution in [2.24, 2.45) is 0 Å². The third kappa shape index (κ3) is 4.20. The molecule has 3 aliphatic heterocycles. The Morgan fingerprint density at radius 1 is 1.06 bits per heavy atom. The van der Waals surface area contributed by atoms with Crippen LogP contribution in [0, 0.1) is 0 Å². The van der Waals surface area contributed by atoms with Gasteiger partial charge in [0, 0.05) is 63.0 Å². The van der Waals surface area contributed by atoms with Crippen LogP contribution in [0.4, 0.5) is 23.3 Å². The van der Waals surface area contributed by atoms with E-state index >= 15 is 0 Å². The Labute approximate surface area is 207 Å². The number of aromatic nitrogens is 3. The van der Waals surface area contributed by atoms with Gasteiger partial charge in [0.2, 0.25) is 11.9 Å². The number of carbonyl (C=O) groups excluding carboxylic acids is 1. The quantitative estimate of drug-likeness (QED) is 0.681. The fraction of sp³-hybridized carbons (Fsp3) is 0.615. The minimum atomic E-state index is -0.541. The molecule has 9 heteroatoms. The topological polar surface area (TPSA) is 89.5 Å². The molecule has 35 heavy (non-hydrogen) atoms. The zero-order chi connectivity index (χ0) is 24.0.